The van der Waals surface area contributed by atoms with Gasteiger partial charge in [0.25, 0.3) is 6.10 Å². The lowest BCUT2D eigenvalue weighted by molar-refractivity contribution is -0.207. The highest BCUT2D eigenvalue weighted by molar-refractivity contribution is 7.99. The molecule has 0 aliphatic carbocycles. The van der Waals surface area contributed by atoms with Gasteiger partial charge in [-0.3, -0.25) is 0 Å². The van der Waals surface area contributed by atoms with Crippen LogP contribution in [0.5, 0.6) is 11.5 Å². The number of thioether (sulfide) groups is 2. The molecular weight excluding hydrogens is 877 g/mol. The highest BCUT2D eigenvalue weighted by Gasteiger charge is 2.47. The predicted octanol–water partition coefficient (Wildman–Crippen LogP) is 12.2. The van der Waals surface area contributed by atoms with Crippen molar-refractivity contribution in [1.29, 1.82) is 0 Å². The van der Waals surface area contributed by atoms with Gasteiger partial charge in [0.15, 0.2) is 6.61 Å². The number of aliphatic carboxylic acids is 2. The number of alkyl halides is 12. The second kappa shape index (κ2) is 19.8. The van der Waals surface area contributed by atoms with E-state index >= 15 is 0 Å². The highest BCUT2D eigenvalue weighted by atomic mass is 32.2. The van der Waals surface area contributed by atoms with E-state index in [1.165, 1.54) is 42.1 Å². The molecule has 0 saturated carbocycles. The third-order valence-electron chi connectivity index (χ3n) is 7.88. The van der Waals surface area contributed by atoms with Crippen molar-refractivity contribution in [3.63, 3.8) is 0 Å². The number of aryl methyl sites for hydroxylation is 2. The van der Waals surface area contributed by atoms with E-state index in [9.17, 15) is 62.3 Å². The third-order valence-corrected chi connectivity index (χ3v) is 11.2. The van der Waals surface area contributed by atoms with Gasteiger partial charge in [0, 0.05) is 19.6 Å². The van der Waals surface area contributed by atoms with Crippen LogP contribution < -0.4 is 9.47 Å². The van der Waals surface area contributed by atoms with Crippen molar-refractivity contribution in [3.8, 4) is 11.5 Å². The Morgan fingerprint density at radius 2 is 1.07 bits per heavy atom. The van der Waals surface area contributed by atoms with Crippen LogP contribution in [0.1, 0.15) is 40.7 Å². The Kier molecular flexibility index (Phi) is 15.9. The molecule has 0 aliphatic rings. The Labute approximate surface area is 340 Å². The molecule has 21 heteroatoms. The van der Waals surface area contributed by atoms with Crippen molar-refractivity contribution in [2.24, 2.45) is 0 Å². The van der Waals surface area contributed by atoms with E-state index in [1.54, 1.807) is 0 Å². The molecule has 0 aromatic heterocycles. The fourth-order valence-electron chi connectivity index (χ4n) is 5.23. The zero-order chi connectivity index (χ0) is 43.8. The van der Waals surface area contributed by atoms with Crippen molar-refractivity contribution >= 4 is 47.2 Å². The number of benzene rings is 4. The smallest absolute Gasteiger partial charge is 0.436 e. The number of carboxylic acid groups (broad SMARTS) is 2. The summed E-state index contributed by atoms with van der Waals surface area (Å²) in [6, 6.07) is 14.6. The summed E-state index contributed by atoms with van der Waals surface area (Å²) < 4.78 is 174. The normalized spacial score (nSPS) is 12.9. The molecule has 0 fully saturated rings. The van der Waals surface area contributed by atoms with Crippen LogP contribution in [0.3, 0.4) is 0 Å². The van der Waals surface area contributed by atoms with Gasteiger partial charge in [0.05, 0.1) is 16.7 Å². The molecule has 1 atom stereocenters. The fourth-order valence-corrected chi connectivity index (χ4v) is 8.05. The van der Waals surface area contributed by atoms with Gasteiger partial charge in [-0.15, -0.1) is 23.5 Å². The van der Waals surface area contributed by atoms with Gasteiger partial charge in [-0.1, -0.05) is 23.9 Å². The first-order valence-electron chi connectivity index (χ1n) is 16.9. The van der Waals surface area contributed by atoms with Crippen molar-refractivity contribution < 1.29 is 82.0 Å². The fraction of sp³-hybridized carbons (Fsp3) is 0.316. The minimum atomic E-state index is -5.15. The maximum atomic E-state index is 14.2. The first-order valence-corrected chi connectivity index (χ1v) is 19.7. The molecule has 2 N–H and O–H groups in total. The summed E-state index contributed by atoms with van der Waals surface area (Å²) in [6.07, 6.45) is -22.2. The molecule has 6 nitrogen and oxygen atoms in total. The number of halogens is 12. The average Bonchev–Trinajstić information content (AvgIpc) is 3.13. The molecule has 0 spiro atoms. The Hall–Kier alpha value is -4.37. The van der Waals surface area contributed by atoms with Crippen LogP contribution in [0, 0.1) is 0 Å². The van der Waals surface area contributed by atoms with E-state index < -0.39 is 81.6 Å². The molecule has 0 aliphatic heterocycles. The number of rotatable bonds is 18. The lowest BCUT2D eigenvalue weighted by Gasteiger charge is -2.18. The standard InChI is InChI=1S/C38H30F12O6S3/c39-35(40,41)26-19-25(11-12-29(26)55-20-32(51)52)58-16-2-4-22-6-14-31(28(18-22)37(45,46)47)59-30-13-5-21(17-27(30)36(42,43)44)3-1-15-57-24-9-7-23(8-10-24)56-33(34(53)54)38(48,49)50/h5-14,17-19,33H,1-4,15-16,20H2,(H,51,52)(H,53,54). The molecular formula is C38H30F12O6S3. The molecule has 0 bridgehead atoms. The van der Waals surface area contributed by atoms with E-state index in [1.807, 2.05) is 0 Å². The van der Waals surface area contributed by atoms with E-state index in [0.29, 0.717) is 28.8 Å². The Morgan fingerprint density at radius 3 is 1.51 bits per heavy atom. The van der Waals surface area contributed by atoms with E-state index in [0.717, 1.165) is 60.3 Å². The second-order valence-electron chi connectivity index (χ2n) is 12.3. The van der Waals surface area contributed by atoms with Crippen molar-refractivity contribution in [1.82, 2.24) is 0 Å². The number of carbonyl (C=O) groups is 2. The number of hydrogen-bond donors (Lipinski definition) is 2. The van der Waals surface area contributed by atoms with Gasteiger partial charge in [-0.25, -0.2) is 9.59 Å². The van der Waals surface area contributed by atoms with E-state index in [2.05, 4.69) is 4.74 Å². The van der Waals surface area contributed by atoms with E-state index in [-0.39, 0.29) is 46.8 Å². The van der Waals surface area contributed by atoms with Crippen molar-refractivity contribution in [3.05, 3.63) is 107 Å². The zero-order valence-corrected chi connectivity index (χ0v) is 32.3. The predicted molar refractivity (Wildman–Crippen MR) is 194 cm³/mol. The van der Waals surface area contributed by atoms with Crippen molar-refractivity contribution in [2.45, 2.75) is 76.1 Å². The maximum Gasteiger partial charge on any atom is 0.436 e. The lowest BCUT2D eigenvalue weighted by atomic mass is 10.1. The number of carboxylic acids is 2. The molecule has 4 aromatic rings. The lowest BCUT2D eigenvalue weighted by Crippen LogP contribution is -2.41. The first-order chi connectivity index (χ1) is 27.4. The maximum absolute atomic E-state index is 14.2. The molecule has 0 heterocycles. The SMILES string of the molecule is O=C(O)COc1ccc(SCCCc2ccc(Sc3ccc(CCCSc4ccc(OC(C(=O)O)C(F)(F)F)cc4)cc3C(F)(F)F)c(C(F)(F)F)c2)cc1C(F)(F)F. The van der Waals surface area contributed by atoms with Crippen LogP contribution in [0.2, 0.25) is 0 Å². The highest BCUT2D eigenvalue weighted by Crippen LogP contribution is 2.45. The van der Waals surface area contributed by atoms with Gasteiger partial charge in [0.1, 0.15) is 11.5 Å². The molecule has 0 amide bonds. The van der Waals surface area contributed by atoms with Crippen molar-refractivity contribution in [2.75, 3.05) is 18.1 Å². The largest absolute Gasteiger partial charge is 0.481 e. The number of ether oxygens (including phenoxy) is 2. The molecule has 4 aromatic carbocycles. The molecule has 320 valence electrons. The zero-order valence-electron chi connectivity index (χ0n) is 29.8. The average molecular weight is 907 g/mol. The minimum absolute atomic E-state index is 0.0582. The van der Waals surface area contributed by atoms with Crippen LogP contribution in [0.25, 0.3) is 0 Å². The first kappa shape index (κ1) is 47.3. The summed E-state index contributed by atoms with van der Waals surface area (Å²) in [4.78, 5) is 21.3. The monoisotopic (exact) mass is 906 g/mol. The van der Waals surface area contributed by atoms with E-state index in [4.69, 9.17) is 14.9 Å². The molecule has 1 unspecified atom stereocenters. The molecule has 4 rings (SSSR count). The Morgan fingerprint density at radius 1 is 0.593 bits per heavy atom. The second-order valence-corrected chi connectivity index (χ2v) is 15.8. The summed E-state index contributed by atoms with van der Waals surface area (Å²) in [7, 11) is 0. The van der Waals surface area contributed by atoms with Crippen LogP contribution in [-0.4, -0.2) is 52.5 Å². The van der Waals surface area contributed by atoms with Crippen LogP contribution >= 0.6 is 35.3 Å². The Bertz CT molecular complexity index is 2070. The van der Waals surface area contributed by atoms with Crippen LogP contribution in [0.4, 0.5) is 52.7 Å². The summed E-state index contributed by atoms with van der Waals surface area (Å²) in [6.45, 7) is -0.993. The van der Waals surface area contributed by atoms with Gasteiger partial charge >= 0.3 is 36.6 Å². The van der Waals surface area contributed by atoms with Gasteiger partial charge in [-0.2, -0.15) is 52.7 Å². The summed E-state index contributed by atoms with van der Waals surface area (Å²) >= 11 is 2.49. The molecule has 0 radical (unpaired) electrons. The number of hydrogen-bond acceptors (Lipinski definition) is 7. The quantitative estimate of drug-likeness (QED) is 0.0575. The topological polar surface area (TPSA) is 93.1 Å². The molecule has 59 heavy (non-hydrogen) atoms. The van der Waals surface area contributed by atoms with Crippen LogP contribution in [0.15, 0.2) is 98.4 Å². The van der Waals surface area contributed by atoms with Crippen LogP contribution in [-0.2, 0) is 41.0 Å². The third kappa shape index (κ3) is 14.4. The summed E-state index contributed by atoms with van der Waals surface area (Å²) in [5.74, 6) is -4.18. The van der Waals surface area contributed by atoms with Gasteiger partial charge in [-0.05, 0) is 115 Å². The minimum Gasteiger partial charge on any atom is -0.481 e. The summed E-state index contributed by atoms with van der Waals surface area (Å²) in [5, 5.41) is 17.5. The summed E-state index contributed by atoms with van der Waals surface area (Å²) in [5.41, 5.74) is -3.07. The van der Waals surface area contributed by atoms with Gasteiger partial charge < -0.3 is 19.7 Å². The van der Waals surface area contributed by atoms with Gasteiger partial charge in [0.2, 0.25) is 0 Å². The molecule has 0 saturated heterocycles. The Balaban J connectivity index is 1.37.